The molecule has 0 N–H and O–H groups in total. The molecule has 0 saturated heterocycles. The molecule has 0 radical (unpaired) electrons. The third-order valence-corrected chi connectivity index (χ3v) is 2.41. The van der Waals surface area contributed by atoms with Crippen LogP contribution in [0.1, 0.15) is 11.9 Å². The van der Waals surface area contributed by atoms with Crippen molar-refractivity contribution in [2.45, 2.75) is 6.29 Å². The minimum absolute atomic E-state index is 0.415. The van der Waals surface area contributed by atoms with Gasteiger partial charge in [0.15, 0.2) is 6.29 Å². The van der Waals surface area contributed by atoms with E-state index in [0.29, 0.717) is 5.88 Å². The van der Waals surface area contributed by atoms with Gasteiger partial charge in [0.25, 0.3) is 0 Å². The Balaban J connectivity index is 3.04. The molecule has 0 atom stereocenters. The van der Waals surface area contributed by atoms with Gasteiger partial charge in [-0.15, -0.1) is 0 Å². The average Bonchev–Trinajstić information content (AvgIpc) is 2.22. The van der Waals surface area contributed by atoms with Crippen LogP contribution in [0.4, 0.5) is 0 Å². The monoisotopic (exact) mass is 261 g/mol. The second-order valence-corrected chi connectivity index (χ2v) is 3.41. The molecule has 1 rings (SSSR count). The molecule has 1 aromatic heterocycles. The predicted octanol–water partition coefficient (Wildman–Crippen LogP) is 2.14. The van der Waals surface area contributed by atoms with Crippen LogP contribution in [-0.2, 0) is 9.47 Å². The second kappa shape index (κ2) is 5.29. The van der Waals surface area contributed by atoms with Crippen molar-refractivity contribution in [3.8, 4) is 5.88 Å². The highest BCUT2D eigenvalue weighted by Crippen LogP contribution is 2.27. The van der Waals surface area contributed by atoms with Crippen LogP contribution in [0, 0.1) is 0 Å². The fourth-order valence-corrected chi connectivity index (χ4v) is 1.48. The van der Waals surface area contributed by atoms with Crippen molar-refractivity contribution in [2.24, 2.45) is 0 Å². The Morgan fingerprint density at radius 2 is 1.93 bits per heavy atom. The summed E-state index contributed by atoms with van der Waals surface area (Å²) in [5.41, 5.74) is 0.849. The van der Waals surface area contributed by atoms with Gasteiger partial charge in [-0.05, 0) is 15.9 Å². The molecule has 0 amide bonds. The van der Waals surface area contributed by atoms with Gasteiger partial charge in [0, 0.05) is 36.5 Å². The lowest BCUT2D eigenvalue weighted by atomic mass is 10.2. The van der Waals surface area contributed by atoms with Crippen molar-refractivity contribution in [1.82, 2.24) is 4.98 Å². The maximum absolute atomic E-state index is 5.13. The van der Waals surface area contributed by atoms with Gasteiger partial charge in [-0.1, -0.05) is 0 Å². The molecular formula is C9H12BrNO3. The highest BCUT2D eigenvalue weighted by molar-refractivity contribution is 9.10. The van der Waals surface area contributed by atoms with Crippen LogP contribution < -0.4 is 4.74 Å². The molecule has 0 unspecified atom stereocenters. The third kappa shape index (κ3) is 2.43. The van der Waals surface area contributed by atoms with Crippen molar-refractivity contribution >= 4 is 15.9 Å². The van der Waals surface area contributed by atoms with Crippen molar-refractivity contribution in [3.63, 3.8) is 0 Å². The summed E-state index contributed by atoms with van der Waals surface area (Å²) in [6.45, 7) is 0. The summed E-state index contributed by atoms with van der Waals surface area (Å²) >= 11 is 3.36. The summed E-state index contributed by atoms with van der Waals surface area (Å²) in [4.78, 5) is 4.03. The molecule has 0 aromatic carbocycles. The second-order valence-electron chi connectivity index (χ2n) is 2.55. The minimum Gasteiger partial charge on any atom is -0.481 e. The van der Waals surface area contributed by atoms with Gasteiger partial charge in [-0.3, -0.25) is 0 Å². The van der Waals surface area contributed by atoms with Gasteiger partial charge in [-0.2, -0.15) is 0 Å². The van der Waals surface area contributed by atoms with Gasteiger partial charge in [-0.25, -0.2) is 4.98 Å². The van der Waals surface area contributed by atoms with Crippen LogP contribution in [-0.4, -0.2) is 26.3 Å². The van der Waals surface area contributed by atoms with Crippen LogP contribution in [0.2, 0.25) is 0 Å². The van der Waals surface area contributed by atoms with Crippen LogP contribution in [0.15, 0.2) is 16.7 Å². The van der Waals surface area contributed by atoms with Gasteiger partial charge < -0.3 is 14.2 Å². The first kappa shape index (κ1) is 11.4. The maximum atomic E-state index is 5.13. The van der Waals surface area contributed by atoms with Crippen molar-refractivity contribution in [3.05, 3.63) is 22.3 Å². The molecule has 1 heterocycles. The molecule has 0 aliphatic carbocycles. The Bertz CT molecular complexity index is 302. The van der Waals surface area contributed by atoms with Gasteiger partial charge in [0.05, 0.1) is 7.11 Å². The first-order chi connectivity index (χ1) is 6.72. The molecule has 0 fully saturated rings. The first-order valence-electron chi connectivity index (χ1n) is 3.98. The van der Waals surface area contributed by atoms with E-state index >= 15 is 0 Å². The lowest BCUT2D eigenvalue weighted by Crippen LogP contribution is -2.05. The molecule has 0 spiro atoms. The maximum Gasteiger partial charge on any atom is 0.213 e. The van der Waals surface area contributed by atoms with E-state index in [4.69, 9.17) is 14.2 Å². The largest absolute Gasteiger partial charge is 0.481 e. The van der Waals surface area contributed by atoms with Crippen LogP contribution in [0.3, 0.4) is 0 Å². The summed E-state index contributed by atoms with van der Waals surface area (Å²) in [5.74, 6) is 0.530. The highest BCUT2D eigenvalue weighted by atomic mass is 79.9. The molecular weight excluding hydrogens is 250 g/mol. The highest BCUT2D eigenvalue weighted by Gasteiger charge is 2.14. The smallest absolute Gasteiger partial charge is 0.213 e. The fourth-order valence-electron chi connectivity index (χ4n) is 1.08. The number of methoxy groups -OCH3 is 3. The van der Waals surface area contributed by atoms with E-state index in [1.807, 2.05) is 0 Å². The zero-order chi connectivity index (χ0) is 10.6. The molecule has 4 nitrogen and oxygen atoms in total. The number of aromatic nitrogens is 1. The number of ether oxygens (including phenoxy) is 3. The standard InChI is InChI=1S/C9H12BrNO3/c1-12-8-4-6(7(10)5-11-8)9(13-2)14-3/h4-5,9H,1-3H3. The molecule has 0 aliphatic heterocycles. The summed E-state index contributed by atoms with van der Waals surface area (Å²) < 4.78 is 16.1. The van der Waals surface area contributed by atoms with Crippen molar-refractivity contribution < 1.29 is 14.2 Å². The molecule has 0 aliphatic rings. The number of rotatable bonds is 4. The quantitative estimate of drug-likeness (QED) is 0.779. The topological polar surface area (TPSA) is 40.6 Å². The Labute approximate surface area is 91.3 Å². The van der Waals surface area contributed by atoms with E-state index in [1.165, 1.54) is 0 Å². The van der Waals surface area contributed by atoms with Crippen LogP contribution in [0.25, 0.3) is 0 Å². The van der Waals surface area contributed by atoms with E-state index < -0.39 is 6.29 Å². The SMILES string of the molecule is COc1cc(C(OC)OC)c(Br)cn1. The summed E-state index contributed by atoms with van der Waals surface area (Å²) in [6, 6.07) is 1.77. The Kier molecular flexibility index (Phi) is 4.31. The summed E-state index contributed by atoms with van der Waals surface area (Å²) in [6.07, 6.45) is 1.24. The zero-order valence-corrected chi connectivity index (χ0v) is 9.87. The van der Waals surface area contributed by atoms with E-state index in [1.54, 1.807) is 33.6 Å². The Morgan fingerprint density at radius 1 is 1.29 bits per heavy atom. The average molecular weight is 262 g/mol. The van der Waals surface area contributed by atoms with Gasteiger partial charge >= 0.3 is 0 Å². The molecule has 0 bridgehead atoms. The van der Waals surface area contributed by atoms with Gasteiger partial charge in [0.1, 0.15) is 0 Å². The van der Waals surface area contributed by atoms with Crippen LogP contribution in [0.5, 0.6) is 5.88 Å². The van der Waals surface area contributed by atoms with E-state index in [-0.39, 0.29) is 0 Å². The zero-order valence-electron chi connectivity index (χ0n) is 8.28. The number of nitrogens with zero attached hydrogens (tertiary/aromatic N) is 1. The number of halogens is 1. The fraction of sp³-hybridized carbons (Fsp3) is 0.444. The molecule has 14 heavy (non-hydrogen) atoms. The van der Waals surface area contributed by atoms with Crippen LogP contribution >= 0.6 is 15.9 Å². The van der Waals surface area contributed by atoms with E-state index in [2.05, 4.69) is 20.9 Å². The third-order valence-electron chi connectivity index (χ3n) is 1.75. The lowest BCUT2D eigenvalue weighted by Gasteiger charge is -2.15. The Hall–Kier alpha value is -0.650. The number of hydrogen-bond donors (Lipinski definition) is 0. The lowest BCUT2D eigenvalue weighted by molar-refractivity contribution is -0.106. The van der Waals surface area contributed by atoms with Crippen molar-refractivity contribution in [2.75, 3.05) is 21.3 Å². The summed E-state index contributed by atoms with van der Waals surface area (Å²) in [7, 11) is 4.72. The minimum atomic E-state index is -0.415. The molecule has 0 saturated carbocycles. The summed E-state index contributed by atoms with van der Waals surface area (Å²) in [5, 5.41) is 0. The molecule has 5 heteroatoms. The Morgan fingerprint density at radius 3 is 2.43 bits per heavy atom. The first-order valence-corrected chi connectivity index (χ1v) is 4.77. The molecule has 1 aromatic rings. The number of pyridine rings is 1. The van der Waals surface area contributed by atoms with E-state index in [0.717, 1.165) is 10.0 Å². The number of hydrogen-bond acceptors (Lipinski definition) is 4. The van der Waals surface area contributed by atoms with Gasteiger partial charge in [0.2, 0.25) is 5.88 Å². The van der Waals surface area contributed by atoms with Crippen molar-refractivity contribution in [1.29, 1.82) is 0 Å². The predicted molar refractivity (Wildman–Crippen MR) is 55.2 cm³/mol. The molecule has 78 valence electrons. The van der Waals surface area contributed by atoms with E-state index in [9.17, 15) is 0 Å². The normalized spacial score (nSPS) is 10.6.